The fourth-order valence-electron chi connectivity index (χ4n) is 3.34. The van der Waals surface area contributed by atoms with Crippen molar-refractivity contribution >= 4 is 23.5 Å². The fraction of sp³-hybridized carbons (Fsp3) is 0.500. The Balaban J connectivity index is 1.42. The Morgan fingerprint density at radius 1 is 1.14 bits per heavy atom. The normalized spacial score (nSPS) is 18.1. The van der Waals surface area contributed by atoms with Gasteiger partial charge in [-0.3, -0.25) is 14.5 Å². The summed E-state index contributed by atoms with van der Waals surface area (Å²) in [6.07, 6.45) is 0.467. The molecule has 150 valence electrons. The lowest BCUT2D eigenvalue weighted by molar-refractivity contribution is -0.148. The molecule has 2 aliphatic heterocycles. The molecule has 0 unspecified atom stereocenters. The van der Waals surface area contributed by atoms with E-state index in [4.69, 9.17) is 4.74 Å². The van der Waals surface area contributed by atoms with Crippen molar-refractivity contribution in [3.63, 3.8) is 0 Å². The molecular formula is C20H26N4O4. The summed E-state index contributed by atoms with van der Waals surface area (Å²) < 4.78 is 5.10. The number of ether oxygens (including phenoxy) is 1. The summed E-state index contributed by atoms with van der Waals surface area (Å²) in [4.78, 5) is 39.8. The van der Waals surface area contributed by atoms with Gasteiger partial charge >= 0.3 is 5.97 Å². The lowest BCUT2D eigenvalue weighted by atomic mass is 10.1. The molecule has 8 nitrogen and oxygen atoms in total. The SMILES string of the molecule is Cc1cccc(CN2CCN(C(=O)COC(=O)C3=NN(C)C(=O)CC3)CC2)c1. The van der Waals surface area contributed by atoms with Crippen LogP contribution in [-0.2, 0) is 25.7 Å². The van der Waals surface area contributed by atoms with Gasteiger partial charge in [0.05, 0.1) is 0 Å². The third-order valence-corrected chi connectivity index (χ3v) is 4.98. The summed E-state index contributed by atoms with van der Waals surface area (Å²) in [6, 6.07) is 8.43. The number of esters is 1. The molecule has 2 aliphatic rings. The largest absolute Gasteiger partial charge is 0.451 e. The number of carbonyl (C=O) groups is 3. The van der Waals surface area contributed by atoms with Crippen LogP contribution in [0.4, 0.5) is 0 Å². The molecule has 0 aliphatic carbocycles. The average molecular weight is 386 g/mol. The first-order chi connectivity index (χ1) is 13.4. The van der Waals surface area contributed by atoms with Crippen LogP contribution < -0.4 is 0 Å². The van der Waals surface area contributed by atoms with E-state index in [-0.39, 0.29) is 37.0 Å². The second-order valence-electron chi connectivity index (χ2n) is 7.19. The maximum absolute atomic E-state index is 12.3. The van der Waals surface area contributed by atoms with Gasteiger partial charge in [-0.15, -0.1) is 0 Å². The number of hydrogen-bond donors (Lipinski definition) is 0. The molecule has 2 heterocycles. The van der Waals surface area contributed by atoms with Crippen LogP contribution in [0.15, 0.2) is 29.4 Å². The first kappa shape index (κ1) is 20.0. The molecule has 0 spiro atoms. The lowest BCUT2D eigenvalue weighted by Crippen LogP contribution is -2.49. The molecule has 0 aromatic heterocycles. The minimum absolute atomic E-state index is 0.142. The van der Waals surface area contributed by atoms with Gasteiger partial charge in [0.1, 0.15) is 5.71 Å². The average Bonchev–Trinajstić information content (AvgIpc) is 2.68. The van der Waals surface area contributed by atoms with Crippen molar-refractivity contribution in [1.29, 1.82) is 0 Å². The smallest absolute Gasteiger partial charge is 0.355 e. The van der Waals surface area contributed by atoms with Crippen molar-refractivity contribution < 1.29 is 19.1 Å². The van der Waals surface area contributed by atoms with Crippen molar-refractivity contribution in [1.82, 2.24) is 14.8 Å². The van der Waals surface area contributed by atoms with Gasteiger partial charge in [0.25, 0.3) is 5.91 Å². The molecule has 0 bridgehead atoms. The number of amides is 2. The highest BCUT2D eigenvalue weighted by atomic mass is 16.5. The van der Waals surface area contributed by atoms with Crippen molar-refractivity contribution in [3.05, 3.63) is 35.4 Å². The number of benzene rings is 1. The molecule has 0 saturated carbocycles. The van der Waals surface area contributed by atoms with Crippen molar-refractivity contribution in [2.24, 2.45) is 5.10 Å². The number of piperazine rings is 1. The van der Waals surface area contributed by atoms with Gasteiger partial charge in [0.2, 0.25) is 5.91 Å². The molecule has 1 fully saturated rings. The Morgan fingerprint density at radius 2 is 1.89 bits per heavy atom. The van der Waals surface area contributed by atoms with Crippen molar-refractivity contribution in [2.75, 3.05) is 39.8 Å². The van der Waals surface area contributed by atoms with Gasteiger partial charge < -0.3 is 9.64 Å². The van der Waals surface area contributed by atoms with Crippen LogP contribution in [0.3, 0.4) is 0 Å². The van der Waals surface area contributed by atoms with Gasteiger partial charge in [0.15, 0.2) is 6.61 Å². The minimum Gasteiger partial charge on any atom is -0.451 e. The maximum atomic E-state index is 12.3. The van der Waals surface area contributed by atoms with Crippen LogP contribution in [0.25, 0.3) is 0 Å². The van der Waals surface area contributed by atoms with Gasteiger partial charge in [-0.2, -0.15) is 5.10 Å². The number of nitrogens with zero attached hydrogens (tertiary/aromatic N) is 4. The molecule has 1 aromatic rings. The minimum atomic E-state index is -0.634. The zero-order chi connectivity index (χ0) is 20.1. The van der Waals surface area contributed by atoms with E-state index in [1.54, 1.807) is 4.90 Å². The van der Waals surface area contributed by atoms with E-state index >= 15 is 0 Å². The van der Waals surface area contributed by atoms with Crippen LogP contribution in [0.1, 0.15) is 24.0 Å². The van der Waals surface area contributed by atoms with E-state index in [9.17, 15) is 14.4 Å². The molecular weight excluding hydrogens is 360 g/mol. The molecule has 0 N–H and O–H groups in total. The maximum Gasteiger partial charge on any atom is 0.355 e. The van der Waals surface area contributed by atoms with Crippen LogP contribution in [-0.4, -0.2) is 78.1 Å². The van der Waals surface area contributed by atoms with Crippen LogP contribution in [0, 0.1) is 6.92 Å². The summed E-state index contributed by atoms with van der Waals surface area (Å²) in [5.74, 6) is -0.980. The fourth-order valence-corrected chi connectivity index (χ4v) is 3.34. The van der Waals surface area contributed by atoms with Crippen LogP contribution in [0.2, 0.25) is 0 Å². The van der Waals surface area contributed by atoms with Gasteiger partial charge in [-0.05, 0) is 12.5 Å². The second kappa shape index (κ2) is 8.97. The van der Waals surface area contributed by atoms with Crippen LogP contribution in [0.5, 0.6) is 0 Å². The monoisotopic (exact) mass is 386 g/mol. The third kappa shape index (κ3) is 5.16. The third-order valence-electron chi connectivity index (χ3n) is 4.98. The number of carbonyl (C=O) groups excluding carboxylic acids is 3. The molecule has 28 heavy (non-hydrogen) atoms. The highest BCUT2D eigenvalue weighted by molar-refractivity contribution is 6.37. The zero-order valence-electron chi connectivity index (χ0n) is 16.4. The number of rotatable bonds is 5. The van der Waals surface area contributed by atoms with Crippen molar-refractivity contribution in [3.8, 4) is 0 Å². The van der Waals surface area contributed by atoms with E-state index in [1.807, 2.05) is 0 Å². The first-order valence-electron chi connectivity index (χ1n) is 9.49. The summed E-state index contributed by atoms with van der Waals surface area (Å²) in [5, 5.41) is 5.04. The highest BCUT2D eigenvalue weighted by Gasteiger charge is 2.26. The molecule has 3 rings (SSSR count). The lowest BCUT2D eigenvalue weighted by Gasteiger charge is -2.34. The van der Waals surface area contributed by atoms with Crippen molar-refractivity contribution in [2.45, 2.75) is 26.3 Å². The Morgan fingerprint density at radius 3 is 2.57 bits per heavy atom. The van der Waals surface area contributed by atoms with E-state index in [0.29, 0.717) is 13.1 Å². The van der Waals surface area contributed by atoms with Gasteiger partial charge in [-0.1, -0.05) is 29.8 Å². The molecule has 0 radical (unpaired) electrons. The van der Waals surface area contributed by atoms with E-state index in [0.717, 1.165) is 24.6 Å². The van der Waals surface area contributed by atoms with Crippen LogP contribution >= 0.6 is 0 Å². The molecule has 1 saturated heterocycles. The summed E-state index contributed by atoms with van der Waals surface area (Å²) in [7, 11) is 1.50. The topological polar surface area (TPSA) is 82.5 Å². The van der Waals surface area contributed by atoms with Gasteiger partial charge in [0, 0.05) is 52.6 Å². The Labute approximate surface area is 164 Å². The predicted molar refractivity (Wildman–Crippen MR) is 103 cm³/mol. The van der Waals surface area contributed by atoms with E-state index in [2.05, 4.69) is 41.2 Å². The summed E-state index contributed by atoms with van der Waals surface area (Å²) in [5.41, 5.74) is 2.69. The molecule has 2 amide bonds. The number of hydrogen-bond acceptors (Lipinski definition) is 6. The summed E-state index contributed by atoms with van der Waals surface area (Å²) >= 11 is 0. The Kier molecular flexibility index (Phi) is 6.41. The first-order valence-corrected chi connectivity index (χ1v) is 9.49. The quantitative estimate of drug-likeness (QED) is 0.699. The Hall–Kier alpha value is -2.74. The summed E-state index contributed by atoms with van der Waals surface area (Å²) in [6.45, 7) is 5.44. The van der Waals surface area contributed by atoms with Gasteiger partial charge in [-0.25, -0.2) is 9.80 Å². The standard InChI is InChI=1S/C20H26N4O4/c1-15-4-3-5-16(12-15)13-23-8-10-24(11-9-23)19(26)14-28-20(27)17-6-7-18(25)22(2)21-17/h3-5,12H,6-11,13-14H2,1-2H3. The molecule has 1 aromatic carbocycles. The van der Waals surface area contributed by atoms with E-state index < -0.39 is 5.97 Å². The number of aryl methyl sites for hydroxylation is 1. The number of hydrazone groups is 1. The predicted octanol–water partition coefficient (Wildman–Crippen LogP) is 0.791. The van der Waals surface area contributed by atoms with E-state index in [1.165, 1.54) is 18.2 Å². The second-order valence-corrected chi connectivity index (χ2v) is 7.19. The molecule has 0 atom stereocenters. The highest BCUT2D eigenvalue weighted by Crippen LogP contribution is 2.11. The zero-order valence-corrected chi connectivity index (χ0v) is 16.4. The Bertz CT molecular complexity index is 784. The molecule has 8 heteroatoms.